The number of hydrogen-bond donors (Lipinski definition) is 0. The van der Waals surface area contributed by atoms with Gasteiger partial charge >= 0.3 is 0 Å². The van der Waals surface area contributed by atoms with E-state index in [1.807, 2.05) is 40.7 Å². The smallest absolute Gasteiger partial charge is 0.199 e. The first-order valence-corrected chi connectivity index (χ1v) is 7.53. The van der Waals surface area contributed by atoms with Crippen LogP contribution in [0.3, 0.4) is 0 Å². The van der Waals surface area contributed by atoms with Gasteiger partial charge in [0, 0.05) is 6.20 Å². The van der Waals surface area contributed by atoms with Crippen molar-refractivity contribution in [3.8, 4) is 0 Å². The Balaban J connectivity index is 2.78. The lowest BCUT2D eigenvalue weighted by atomic mass is 10.0. The normalized spacial score (nSPS) is 11.8. The molecule has 0 aliphatic carbocycles. The quantitative estimate of drug-likeness (QED) is 0.848. The van der Waals surface area contributed by atoms with E-state index >= 15 is 0 Å². The van der Waals surface area contributed by atoms with Crippen molar-refractivity contribution in [1.82, 2.24) is 9.19 Å². The van der Waals surface area contributed by atoms with Gasteiger partial charge in [-0.05, 0) is 62.4 Å². The highest BCUT2D eigenvalue weighted by Gasteiger charge is 2.24. The van der Waals surface area contributed by atoms with Gasteiger partial charge in [-0.15, -0.1) is 0 Å². The standard InChI is InChI=1S/C14H18N2O2S/c1-9-7-15-16(8-9)19(17,18)14-12(4)10(2)6-11(3)13(14)5/h6-8H,1-5H3. The molecule has 0 aliphatic heterocycles. The van der Waals surface area contributed by atoms with Crippen molar-refractivity contribution >= 4 is 10.0 Å². The first-order chi connectivity index (χ1) is 8.75. The molecule has 2 rings (SSSR count). The first kappa shape index (κ1) is 13.8. The summed E-state index contributed by atoms with van der Waals surface area (Å²) >= 11 is 0. The average molecular weight is 278 g/mol. The van der Waals surface area contributed by atoms with Crippen LogP contribution in [0.25, 0.3) is 0 Å². The van der Waals surface area contributed by atoms with Gasteiger partial charge in [0.2, 0.25) is 0 Å². The number of aromatic nitrogens is 2. The Hall–Kier alpha value is -1.62. The van der Waals surface area contributed by atoms with Crippen molar-refractivity contribution in [3.63, 3.8) is 0 Å². The number of benzene rings is 1. The molecule has 0 radical (unpaired) electrons. The number of hydrogen-bond acceptors (Lipinski definition) is 3. The van der Waals surface area contributed by atoms with Crippen molar-refractivity contribution < 1.29 is 8.42 Å². The van der Waals surface area contributed by atoms with E-state index in [9.17, 15) is 8.42 Å². The molecule has 19 heavy (non-hydrogen) atoms. The molecule has 2 aromatic rings. The highest BCUT2D eigenvalue weighted by Crippen LogP contribution is 2.27. The van der Waals surface area contributed by atoms with Gasteiger partial charge in [-0.2, -0.15) is 17.6 Å². The highest BCUT2D eigenvalue weighted by molar-refractivity contribution is 7.90. The Kier molecular flexibility index (Phi) is 3.26. The molecule has 0 atom stereocenters. The monoisotopic (exact) mass is 278 g/mol. The lowest BCUT2D eigenvalue weighted by Gasteiger charge is -2.15. The highest BCUT2D eigenvalue weighted by atomic mass is 32.2. The van der Waals surface area contributed by atoms with Gasteiger partial charge < -0.3 is 0 Å². The van der Waals surface area contributed by atoms with E-state index in [4.69, 9.17) is 0 Å². The van der Waals surface area contributed by atoms with Crippen LogP contribution in [0.15, 0.2) is 23.4 Å². The van der Waals surface area contributed by atoms with Crippen molar-refractivity contribution in [1.29, 1.82) is 0 Å². The van der Waals surface area contributed by atoms with E-state index in [1.165, 1.54) is 6.20 Å². The summed E-state index contributed by atoms with van der Waals surface area (Å²) in [6.07, 6.45) is 3.08. The molecule has 0 bridgehead atoms. The summed E-state index contributed by atoms with van der Waals surface area (Å²) in [5.41, 5.74) is 4.35. The minimum absolute atomic E-state index is 0.369. The van der Waals surface area contributed by atoms with Crippen LogP contribution in [0.5, 0.6) is 0 Å². The van der Waals surface area contributed by atoms with Gasteiger partial charge in [-0.1, -0.05) is 6.07 Å². The van der Waals surface area contributed by atoms with Gasteiger partial charge in [0.15, 0.2) is 0 Å². The molecule has 0 unspecified atom stereocenters. The minimum atomic E-state index is -3.62. The SMILES string of the molecule is Cc1cnn(S(=O)(=O)c2c(C)c(C)cc(C)c2C)c1. The molecular weight excluding hydrogens is 260 g/mol. The lowest BCUT2D eigenvalue weighted by Crippen LogP contribution is -2.17. The van der Waals surface area contributed by atoms with E-state index in [1.54, 1.807) is 6.20 Å². The first-order valence-electron chi connectivity index (χ1n) is 6.09. The van der Waals surface area contributed by atoms with Gasteiger partial charge in [-0.3, -0.25) is 0 Å². The van der Waals surface area contributed by atoms with Crippen molar-refractivity contribution in [2.45, 2.75) is 39.5 Å². The summed E-state index contributed by atoms with van der Waals surface area (Å²) in [7, 11) is -3.62. The third kappa shape index (κ3) is 2.18. The Morgan fingerprint density at radius 2 is 1.53 bits per heavy atom. The Morgan fingerprint density at radius 1 is 1.00 bits per heavy atom. The number of nitrogens with zero attached hydrogens (tertiary/aromatic N) is 2. The van der Waals surface area contributed by atoms with Crippen LogP contribution in [0.2, 0.25) is 0 Å². The zero-order chi connectivity index (χ0) is 14.4. The topological polar surface area (TPSA) is 52.0 Å². The van der Waals surface area contributed by atoms with Crippen LogP contribution >= 0.6 is 0 Å². The zero-order valence-electron chi connectivity index (χ0n) is 11.9. The van der Waals surface area contributed by atoms with Crippen LogP contribution in [-0.4, -0.2) is 17.6 Å². The summed E-state index contributed by atoms with van der Waals surface area (Å²) in [6.45, 7) is 9.35. The summed E-state index contributed by atoms with van der Waals surface area (Å²) in [6, 6.07) is 2.01. The Labute approximate surface area is 114 Å². The Morgan fingerprint density at radius 3 is 1.95 bits per heavy atom. The van der Waals surface area contributed by atoms with E-state index < -0.39 is 10.0 Å². The summed E-state index contributed by atoms with van der Waals surface area (Å²) in [5, 5.41) is 3.93. The molecule has 102 valence electrons. The van der Waals surface area contributed by atoms with Gasteiger partial charge in [0.25, 0.3) is 10.0 Å². The summed E-state index contributed by atoms with van der Waals surface area (Å²) < 4.78 is 26.4. The molecule has 0 aliphatic rings. The van der Waals surface area contributed by atoms with Gasteiger partial charge in [0.1, 0.15) is 0 Å². The van der Waals surface area contributed by atoms with E-state index in [0.717, 1.165) is 31.9 Å². The molecule has 0 saturated carbocycles. The molecule has 0 spiro atoms. The number of rotatable bonds is 2. The third-order valence-corrected chi connectivity index (χ3v) is 5.31. The fraction of sp³-hybridized carbons (Fsp3) is 0.357. The second kappa shape index (κ2) is 4.49. The predicted octanol–water partition coefficient (Wildman–Crippen LogP) is 2.66. The minimum Gasteiger partial charge on any atom is -0.199 e. The van der Waals surface area contributed by atoms with E-state index in [0.29, 0.717) is 4.90 Å². The largest absolute Gasteiger partial charge is 0.283 e. The fourth-order valence-electron chi connectivity index (χ4n) is 2.18. The van der Waals surface area contributed by atoms with Crippen molar-refractivity contribution in [2.24, 2.45) is 0 Å². The lowest BCUT2D eigenvalue weighted by molar-refractivity contribution is 0.578. The summed E-state index contributed by atoms with van der Waals surface area (Å²) in [5.74, 6) is 0. The van der Waals surface area contributed by atoms with Crippen LogP contribution in [0.4, 0.5) is 0 Å². The molecule has 0 N–H and O–H groups in total. The second-order valence-corrected chi connectivity index (χ2v) is 6.72. The van der Waals surface area contributed by atoms with Crippen LogP contribution < -0.4 is 0 Å². The molecule has 1 heterocycles. The maximum absolute atomic E-state index is 12.7. The predicted molar refractivity (Wildman–Crippen MR) is 74.9 cm³/mol. The summed E-state index contributed by atoms with van der Waals surface area (Å²) in [4.78, 5) is 0.369. The van der Waals surface area contributed by atoms with E-state index in [-0.39, 0.29) is 0 Å². The molecule has 0 amide bonds. The van der Waals surface area contributed by atoms with Crippen LogP contribution in [0.1, 0.15) is 27.8 Å². The maximum atomic E-state index is 12.7. The van der Waals surface area contributed by atoms with Crippen LogP contribution in [0, 0.1) is 34.6 Å². The molecule has 4 nitrogen and oxygen atoms in total. The molecule has 1 aromatic heterocycles. The van der Waals surface area contributed by atoms with Gasteiger partial charge in [0.05, 0.1) is 11.1 Å². The molecule has 0 saturated heterocycles. The zero-order valence-corrected chi connectivity index (χ0v) is 12.7. The van der Waals surface area contributed by atoms with Gasteiger partial charge in [-0.25, -0.2) is 0 Å². The Bertz CT molecular complexity index is 717. The second-order valence-electron chi connectivity index (χ2n) is 4.98. The molecule has 5 heteroatoms. The number of aryl methyl sites for hydroxylation is 3. The third-order valence-electron chi connectivity index (χ3n) is 3.49. The fourth-order valence-corrected chi connectivity index (χ4v) is 3.94. The van der Waals surface area contributed by atoms with Crippen molar-refractivity contribution in [2.75, 3.05) is 0 Å². The van der Waals surface area contributed by atoms with Crippen molar-refractivity contribution in [3.05, 3.63) is 46.3 Å². The molecular formula is C14H18N2O2S. The molecule has 1 aromatic carbocycles. The van der Waals surface area contributed by atoms with Crippen LogP contribution in [-0.2, 0) is 10.0 Å². The molecule has 0 fully saturated rings. The maximum Gasteiger partial charge on any atom is 0.283 e. The average Bonchev–Trinajstić information content (AvgIpc) is 2.74. The van der Waals surface area contributed by atoms with E-state index in [2.05, 4.69) is 5.10 Å².